The van der Waals surface area contributed by atoms with Gasteiger partial charge in [-0.15, -0.1) is 0 Å². The van der Waals surface area contributed by atoms with E-state index in [1.807, 2.05) is 13.0 Å². The van der Waals surface area contributed by atoms with Crippen molar-refractivity contribution in [1.82, 2.24) is 0 Å². The maximum absolute atomic E-state index is 10.0. The van der Waals surface area contributed by atoms with Gasteiger partial charge in [0.15, 0.2) is 0 Å². The topological polar surface area (TPSA) is 23.5 Å². The van der Waals surface area contributed by atoms with Crippen molar-refractivity contribution in [1.29, 1.82) is 0 Å². The van der Waals surface area contributed by atoms with Crippen LogP contribution in [0.5, 0.6) is 0 Å². The zero-order valence-corrected chi connectivity index (χ0v) is 10.2. The van der Waals surface area contributed by atoms with E-state index >= 15 is 0 Å². The van der Waals surface area contributed by atoms with Gasteiger partial charge in [0.25, 0.3) is 0 Å². The van der Waals surface area contributed by atoms with Gasteiger partial charge >= 0.3 is 0 Å². The molecule has 1 unspecified atom stereocenters. The number of para-hydroxylation sites is 1. The molecular formula is C14H21NO. The third-order valence-corrected chi connectivity index (χ3v) is 3.32. The number of hydrogen-bond donors (Lipinski definition) is 1. The maximum Gasteiger partial charge on any atom is 0.0807 e. The average Bonchev–Trinajstić information content (AvgIpc) is 3.14. The van der Waals surface area contributed by atoms with Gasteiger partial charge in [0, 0.05) is 23.8 Å². The fraction of sp³-hybridized carbons (Fsp3) is 0.571. The second kappa shape index (κ2) is 4.88. The van der Waals surface area contributed by atoms with Crippen LogP contribution in [0.3, 0.4) is 0 Å². The number of benzene rings is 1. The quantitative estimate of drug-likeness (QED) is 0.822. The van der Waals surface area contributed by atoms with Crippen molar-refractivity contribution in [3.63, 3.8) is 0 Å². The molecular weight excluding hydrogens is 198 g/mol. The first-order valence-electron chi connectivity index (χ1n) is 6.31. The van der Waals surface area contributed by atoms with E-state index in [0.717, 1.165) is 18.5 Å². The van der Waals surface area contributed by atoms with Crippen LogP contribution in [0.25, 0.3) is 0 Å². The summed E-state index contributed by atoms with van der Waals surface area (Å²) in [7, 11) is 0. The van der Waals surface area contributed by atoms with Crippen LogP contribution in [-0.4, -0.2) is 17.7 Å². The Bertz CT molecular complexity index is 346. The summed E-state index contributed by atoms with van der Waals surface area (Å²) in [5.74, 6) is 0. The lowest BCUT2D eigenvalue weighted by molar-refractivity contribution is 0.174. The molecule has 1 saturated carbocycles. The van der Waals surface area contributed by atoms with Gasteiger partial charge < -0.3 is 10.0 Å². The smallest absolute Gasteiger partial charge is 0.0807 e. The largest absolute Gasteiger partial charge is 0.388 e. The van der Waals surface area contributed by atoms with Crippen molar-refractivity contribution >= 4 is 5.69 Å². The summed E-state index contributed by atoms with van der Waals surface area (Å²) < 4.78 is 0. The fourth-order valence-electron chi connectivity index (χ4n) is 2.26. The van der Waals surface area contributed by atoms with Crippen molar-refractivity contribution < 1.29 is 5.11 Å². The zero-order valence-electron chi connectivity index (χ0n) is 10.2. The zero-order chi connectivity index (χ0) is 11.5. The van der Waals surface area contributed by atoms with E-state index in [-0.39, 0.29) is 6.10 Å². The molecule has 1 aliphatic rings. The molecule has 1 N–H and O–H groups in total. The van der Waals surface area contributed by atoms with E-state index < -0.39 is 0 Å². The molecule has 0 bridgehead atoms. The molecule has 16 heavy (non-hydrogen) atoms. The Hall–Kier alpha value is -1.02. The lowest BCUT2D eigenvalue weighted by atomic mass is 10.0. The molecule has 0 aromatic heterocycles. The van der Waals surface area contributed by atoms with Gasteiger partial charge in [-0.1, -0.05) is 25.1 Å². The summed E-state index contributed by atoms with van der Waals surface area (Å²) in [5.41, 5.74) is 2.31. The molecule has 1 aliphatic carbocycles. The Morgan fingerprint density at radius 2 is 2.00 bits per heavy atom. The third-order valence-electron chi connectivity index (χ3n) is 3.32. The maximum atomic E-state index is 10.0. The Morgan fingerprint density at radius 1 is 1.31 bits per heavy atom. The van der Waals surface area contributed by atoms with E-state index in [9.17, 15) is 5.11 Å². The molecule has 1 fully saturated rings. The second-order valence-corrected chi connectivity index (χ2v) is 4.50. The monoisotopic (exact) mass is 219 g/mol. The summed E-state index contributed by atoms with van der Waals surface area (Å²) in [4.78, 5) is 2.42. The molecule has 1 aromatic rings. The Labute approximate surface area is 97.9 Å². The van der Waals surface area contributed by atoms with Gasteiger partial charge in [-0.2, -0.15) is 0 Å². The number of rotatable bonds is 5. The molecule has 0 radical (unpaired) electrons. The van der Waals surface area contributed by atoms with E-state index in [0.29, 0.717) is 6.04 Å². The van der Waals surface area contributed by atoms with E-state index in [1.165, 1.54) is 18.5 Å². The van der Waals surface area contributed by atoms with E-state index in [4.69, 9.17) is 0 Å². The highest BCUT2D eigenvalue weighted by atomic mass is 16.3. The van der Waals surface area contributed by atoms with Crippen LogP contribution >= 0.6 is 0 Å². The van der Waals surface area contributed by atoms with Crippen molar-refractivity contribution in [3.8, 4) is 0 Å². The van der Waals surface area contributed by atoms with Gasteiger partial charge in [0.2, 0.25) is 0 Å². The second-order valence-electron chi connectivity index (χ2n) is 4.50. The SMILES string of the molecule is CCC(O)c1ccccc1N(CC)C1CC1. The molecule has 1 aromatic carbocycles. The highest BCUT2D eigenvalue weighted by molar-refractivity contribution is 5.56. The minimum Gasteiger partial charge on any atom is -0.388 e. The van der Waals surface area contributed by atoms with Crippen LogP contribution < -0.4 is 4.90 Å². The Balaban J connectivity index is 2.30. The number of aliphatic hydroxyl groups is 1. The number of aliphatic hydroxyl groups excluding tert-OH is 1. The highest BCUT2D eigenvalue weighted by Crippen LogP contribution is 2.35. The van der Waals surface area contributed by atoms with Crippen LogP contribution in [0, 0.1) is 0 Å². The fourth-order valence-corrected chi connectivity index (χ4v) is 2.26. The molecule has 0 aliphatic heterocycles. The summed E-state index contributed by atoms with van der Waals surface area (Å²) in [6, 6.07) is 8.96. The van der Waals surface area contributed by atoms with Gasteiger partial charge in [-0.05, 0) is 32.3 Å². The summed E-state index contributed by atoms with van der Waals surface area (Å²) in [6.45, 7) is 5.24. The van der Waals surface area contributed by atoms with Gasteiger partial charge in [-0.25, -0.2) is 0 Å². The van der Waals surface area contributed by atoms with Crippen LogP contribution in [-0.2, 0) is 0 Å². The third kappa shape index (κ3) is 2.22. The van der Waals surface area contributed by atoms with Gasteiger partial charge in [0.1, 0.15) is 0 Å². The molecule has 2 nitrogen and oxygen atoms in total. The molecule has 2 rings (SSSR count). The standard InChI is InChI=1S/C14H21NO/c1-3-14(16)12-7-5-6-8-13(12)15(4-2)11-9-10-11/h5-8,11,14,16H,3-4,9-10H2,1-2H3. The molecule has 88 valence electrons. The number of hydrogen-bond acceptors (Lipinski definition) is 2. The highest BCUT2D eigenvalue weighted by Gasteiger charge is 2.29. The normalized spacial score (nSPS) is 17.2. The lowest BCUT2D eigenvalue weighted by Crippen LogP contribution is -2.26. The first-order chi connectivity index (χ1) is 7.77. The average molecular weight is 219 g/mol. The number of nitrogens with zero attached hydrogens (tertiary/aromatic N) is 1. The van der Waals surface area contributed by atoms with Crippen LogP contribution in [0.2, 0.25) is 0 Å². The summed E-state index contributed by atoms with van der Waals surface area (Å²) in [6.07, 6.45) is 3.04. The van der Waals surface area contributed by atoms with E-state index in [1.54, 1.807) is 0 Å². The predicted octanol–water partition coefficient (Wildman–Crippen LogP) is 3.12. The van der Waals surface area contributed by atoms with Gasteiger partial charge in [-0.3, -0.25) is 0 Å². The molecule has 0 amide bonds. The van der Waals surface area contributed by atoms with Crippen molar-refractivity contribution in [3.05, 3.63) is 29.8 Å². The minimum atomic E-state index is -0.330. The minimum absolute atomic E-state index is 0.330. The molecule has 0 heterocycles. The first-order valence-corrected chi connectivity index (χ1v) is 6.31. The van der Waals surface area contributed by atoms with Crippen LogP contribution in [0.1, 0.15) is 44.8 Å². The Kier molecular flexibility index (Phi) is 3.49. The molecule has 1 atom stereocenters. The molecule has 2 heteroatoms. The molecule has 0 saturated heterocycles. The molecule has 0 spiro atoms. The Morgan fingerprint density at radius 3 is 2.56 bits per heavy atom. The van der Waals surface area contributed by atoms with Crippen molar-refractivity contribution in [2.75, 3.05) is 11.4 Å². The van der Waals surface area contributed by atoms with Crippen molar-refractivity contribution in [2.24, 2.45) is 0 Å². The number of anilines is 1. The summed E-state index contributed by atoms with van der Waals surface area (Å²) >= 11 is 0. The van der Waals surface area contributed by atoms with Crippen molar-refractivity contribution in [2.45, 2.75) is 45.3 Å². The van der Waals surface area contributed by atoms with Crippen LogP contribution in [0.15, 0.2) is 24.3 Å². The first kappa shape index (κ1) is 11.5. The summed E-state index contributed by atoms with van der Waals surface area (Å²) in [5, 5.41) is 10.0. The van der Waals surface area contributed by atoms with Gasteiger partial charge in [0.05, 0.1) is 6.10 Å². The van der Waals surface area contributed by atoms with E-state index in [2.05, 4.69) is 30.0 Å². The predicted molar refractivity (Wildman–Crippen MR) is 67.7 cm³/mol. The van der Waals surface area contributed by atoms with Crippen LogP contribution in [0.4, 0.5) is 5.69 Å². The lowest BCUT2D eigenvalue weighted by Gasteiger charge is -2.27.